The van der Waals surface area contributed by atoms with Gasteiger partial charge in [0, 0.05) is 28.8 Å². The zero-order valence-electron chi connectivity index (χ0n) is 19.7. The minimum atomic E-state index is 0.244. The third-order valence-electron chi connectivity index (χ3n) is 7.32. The molecule has 1 amide bonds. The van der Waals surface area contributed by atoms with Crippen molar-refractivity contribution >= 4 is 72.2 Å². The summed E-state index contributed by atoms with van der Waals surface area (Å²) in [5, 5.41) is 6.53. The molecule has 0 saturated heterocycles. The SMILES string of the molecule is Clc1ncnc2sc3c(c12)CCNC3.O=C(C1CCCCC1)N1CCc2c(sc3ncnc(Cl)c23)C1. The van der Waals surface area contributed by atoms with Gasteiger partial charge in [0.1, 0.15) is 32.6 Å². The Balaban J connectivity index is 0.000000147. The lowest BCUT2D eigenvalue weighted by Crippen LogP contribution is -2.39. The van der Waals surface area contributed by atoms with Crippen molar-refractivity contribution in [3.63, 3.8) is 0 Å². The maximum atomic E-state index is 12.7. The zero-order valence-corrected chi connectivity index (χ0v) is 22.9. The van der Waals surface area contributed by atoms with Crippen molar-refractivity contribution < 1.29 is 4.79 Å². The molecule has 0 bridgehead atoms. The number of hydrogen-bond acceptors (Lipinski definition) is 8. The summed E-state index contributed by atoms with van der Waals surface area (Å²) >= 11 is 15.7. The molecule has 2 aliphatic heterocycles. The summed E-state index contributed by atoms with van der Waals surface area (Å²) < 4.78 is 0. The van der Waals surface area contributed by atoms with Crippen molar-refractivity contribution in [2.45, 2.75) is 58.0 Å². The average molecular weight is 562 g/mol. The first-order chi connectivity index (χ1) is 17.6. The number of halogens is 2. The quantitative estimate of drug-likeness (QED) is 0.296. The second-order valence-electron chi connectivity index (χ2n) is 9.47. The van der Waals surface area contributed by atoms with Gasteiger partial charge in [0.05, 0.1) is 17.3 Å². The fourth-order valence-corrected chi connectivity index (χ4v) is 8.47. The Morgan fingerprint density at radius 3 is 2.22 bits per heavy atom. The fourth-order valence-electron chi connectivity index (χ4n) is 5.51. The zero-order chi connectivity index (χ0) is 24.6. The molecule has 1 saturated carbocycles. The van der Waals surface area contributed by atoms with E-state index in [4.69, 9.17) is 23.2 Å². The van der Waals surface area contributed by atoms with Gasteiger partial charge in [0.25, 0.3) is 0 Å². The Morgan fingerprint density at radius 2 is 1.53 bits per heavy atom. The molecule has 4 aromatic heterocycles. The van der Waals surface area contributed by atoms with Crippen LogP contribution >= 0.6 is 45.9 Å². The van der Waals surface area contributed by atoms with Crippen molar-refractivity contribution in [2.75, 3.05) is 13.1 Å². The van der Waals surface area contributed by atoms with Crippen molar-refractivity contribution in [3.8, 4) is 0 Å². The molecule has 7 nitrogen and oxygen atoms in total. The second kappa shape index (κ2) is 10.5. The van der Waals surface area contributed by atoms with Crippen LogP contribution in [0.25, 0.3) is 20.4 Å². The van der Waals surface area contributed by atoms with E-state index in [-0.39, 0.29) is 5.92 Å². The van der Waals surface area contributed by atoms with Crippen molar-refractivity contribution in [3.05, 3.63) is 43.8 Å². The number of rotatable bonds is 1. The molecule has 0 aromatic carbocycles. The molecule has 188 valence electrons. The molecule has 0 unspecified atom stereocenters. The molecule has 4 aromatic rings. The van der Waals surface area contributed by atoms with Gasteiger partial charge >= 0.3 is 0 Å². The number of carbonyl (C=O) groups excluding carboxylic acids is 1. The van der Waals surface area contributed by atoms with Crippen LogP contribution < -0.4 is 5.32 Å². The molecule has 0 radical (unpaired) electrons. The molecule has 6 heterocycles. The Bertz CT molecular complexity index is 1430. The third-order valence-corrected chi connectivity index (χ3v) is 10.2. The Morgan fingerprint density at radius 1 is 0.889 bits per heavy atom. The molecular weight excluding hydrogens is 535 g/mol. The molecule has 36 heavy (non-hydrogen) atoms. The van der Waals surface area contributed by atoms with Gasteiger partial charge in [-0.15, -0.1) is 22.7 Å². The van der Waals surface area contributed by atoms with Crippen LogP contribution in [0.1, 0.15) is 53.0 Å². The molecule has 0 atom stereocenters. The normalized spacial score (nSPS) is 18.0. The van der Waals surface area contributed by atoms with Crippen LogP contribution in [-0.2, 0) is 30.7 Å². The fraction of sp³-hybridized carbons (Fsp3) is 0.480. The summed E-state index contributed by atoms with van der Waals surface area (Å²) in [7, 11) is 0. The van der Waals surface area contributed by atoms with Gasteiger partial charge in [0.2, 0.25) is 5.91 Å². The van der Waals surface area contributed by atoms with Crippen LogP contribution in [0, 0.1) is 5.92 Å². The number of nitrogens with one attached hydrogen (secondary N) is 1. The highest BCUT2D eigenvalue weighted by Crippen LogP contribution is 2.38. The van der Waals surface area contributed by atoms with Crippen LogP contribution in [0.2, 0.25) is 10.3 Å². The first-order valence-corrected chi connectivity index (χ1v) is 14.8. The number of thiophene rings is 2. The first kappa shape index (κ1) is 24.4. The van der Waals surface area contributed by atoms with E-state index in [1.807, 2.05) is 4.90 Å². The summed E-state index contributed by atoms with van der Waals surface area (Å²) in [6, 6.07) is 0. The highest BCUT2D eigenvalue weighted by molar-refractivity contribution is 7.19. The molecule has 1 aliphatic carbocycles. The standard InChI is InChI=1S/C16H18ClN3OS.C9H8ClN3S/c17-14-13-11-6-7-20(16(21)10-4-2-1-3-5-10)8-12(11)22-15(13)19-9-18-14;10-8-7-5-1-2-11-3-6(5)14-9(7)13-4-12-8/h9-10H,1-8H2;4,11H,1-3H2. The number of fused-ring (bicyclic) bond motifs is 6. The smallest absolute Gasteiger partial charge is 0.226 e. The first-order valence-electron chi connectivity index (χ1n) is 12.4. The summed E-state index contributed by atoms with van der Waals surface area (Å²) in [6.07, 6.45) is 10.7. The summed E-state index contributed by atoms with van der Waals surface area (Å²) in [5.74, 6) is 0.591. The summed E-state index contributed by atoms with van der Waals surface area (Å²) in [6.45, 7) is 3.46. The van der Waals surface area contributed by atoms with Gasteiger partial charge in [-0.2, -0.15) is 0 Å². The van der Waals surface area contributed by atoms with E-state index in [0.29, 0.717) is 22.8 Å². The predicted octanol–water partition coefficient (Wildman–Crippen LogP) is 5.80. The molecule has 7 rings (SSSR count). The topological polar surface area (TPSA) is 83.9 Å². The number of carbonyl (C=O) groups is 1. The minimum absolute atomic E-state index is 0.244. The number of amides is 1. The van der Waals surface area contributed by atoms with Crippen LogP contribution in [0.5, 0.6) is 0 Å². The van der Waals surface area contributed by atoms with Gasteiger partial charge < -0.3 is 10.2 Å². The maximum Gasteiger partial charge on any atom is 0.226 e. The van der Waals surface area contributed by atoms with Gasteiger partial charge in [-0.1, -0.05) is 42.5 Å². The molecule has 1 fully saturated rings. The Hall–Kier alpha value is -1.91. The van der Waals surface area contributed by atoms with Crippen LogP contribution in [0.3, 0.4) is 0 Å². The number of nitrogens with zero attached hydrogens (tertiary/aromatic N) is 5. The largest absolute Gasteiger partial charge is 0.337 e. The molecule has 11 heteroatoms. The lowest BCUT2D eigenvalue weighted by Gasteiger charge is -2.32. The predicted molar refractivity (Wildman–Crippen MR) is 146 cm³/mol. The highest BCUT2D eigenvalue weighted by Gasteiger charge is 2.30. The third kappa shape index (κ3) is 4.60. The van der Waals surface area contributed by atoms with E-state index in [2.05, 4.69) is 25.3 Å². The molecule has 1 N–H and O–H groups in total. The van der Waals surface area contributed by atoms with E-state index in [1.165, 1.54) is 52.8 Å². The summed E-state index contributed by atoms with van der Waals surface area (Å²) in [4.78, 5) is 36.0. The van der Waals surface area contributed by atoms with Gasteiger partial charge in [0.15, 0.2) is 0 Å². The van der Waals surface area contributed by atoms with Gasteiger partial charge in [-0.25, -0.2) is 19.9 Å². The minimum Gasteiger partial charge on any atom is -0.337 e. The van der Waals surface area contributed by atoms with Crippen LogP contribution in [0.15, 0.2) is 12.7 Å². The van der Waals surface area contributed by atoms with Crippen LogP contribution in [-0.4, -0.2) is 43.8 Å². The van der Waals surface area contributed by atoms with Gasteiger partial charge in [-0.3, -0.25) is 4.79 Å². The van der Waals surface area contributed by atoms with Crippen LogP contribution in [0.4, 0.5) is 0 Å². The number of aromatic nitrogens is 4. The van der Waals surface area contributed by atoms with Gasteiger partial charge in [-0.05, 0) is 43.4 Å². The Kier molecular flexibility index (Phi) is 7.09. The lowest BCUT2D eigenvalue weighted by atomic mass is 9.88. The van der Waals surface area contributed by atoms with Crippen molar-refractivity contribution in [2.24, 2.45) is 5.92 Å². The second-order valence-corrected chi connectivity index (χ2v) is 12.4. The van der Waals surface area contributed by atoms with Crippen molar-refractivity contribution in [1.82, 2.24) is 30.2 Å². The Labute approximate surface area is 227 Å². The molecule has 0 spiro atoms. The lowest BCUT2D eigenvalue weighted by molar-refractivity contribution is -0.137. The molecular formula is C25H26Cl2N6OS2. The highest BCUT2D eigenvalue weighted by atomic mass is 35.5. The van der Waals surface area contributed by atoms with E-state index in [0.717, 1.165) is 65.8 Å². The van der Waals surface area contributed by atoms with E-state index in [1.54, 1.807) is 22.7 Å². The maximum absolute atomic E-state index is 12.7. The number of hydrogen-bond donors (Lipinski definition) is 1. The monoisotopic (exact) mass is 560 g/mol. The van der Waals surface area contributed by atoms with Crippen molar-refractivity contribution in [1.29, 1.82) is 0 Å². The van der Waals surface area contributed by atoms with E-state index < -0.39 is 0 Å². The van der Waals surface area contributed by atoms with E-state index >= 15 is 0 Å². The molecule has 3 aliphatic rings. The average Bonchev–Trinajstić information content (AvgIpc) is 3.48. The summed E-state index contributed by atoms with van der Waals surface area (Å²) in [5.41, 5.74) is 2.59. The van der Waals surface area contributed by atoms with E-state index in [9.17, 15) is 4.79 Å².